The molecule has 0 radical (unpaired) electrons. The van der Waals surface area contributed by atoms with Crippen LogP contribution in [0.15, 0.2) is 48.9 Å². The Morgan fingerprint density at radius 2 is 2.14 bits per heavy atom. The average Bonchev–Trinajstić information content (AvgIpc) is 3.06. The van der Waals surface area contributed by atoms with Gasteiger partial charge in [0, 0.05) is 12.7 Å². The summed E-state index contributed by atoms with van der Waals surface area (Å²) in [6, 6.07) is 11.5. The van der Waals surface area contributed by atoms with Gasteiger partial charge in [-0.25, -0.2) is 9.97 Å². The van der Waals surface area contributed by atoms with Gasteiger partial charge >= 0.3 is 0 Å². The van der Waals surface area contributed by atoms with Crippen molar-refractivity contribution >= 4 is 5.91 Å². The van der Waals surface area contributed by atoms with Crippen LogP contribution in [0.5, 0.6) is 5.75 Å². The molecule has 1 amide bonds. The number of ether oxygens (including phenoxy) is 1. The maximum absolute atomic E-state index is 12.4. The molecule has 1 atom stereocenters. The molecule has 1 saturated heterocycles. The van der Waals surface area contributed by atoms with Crippen LogP contribution in [-0.2, 0) is 4.79 Å². The Labute approximate surface area is 130 Å². The predicted molar refractivity (Wildman–Crippen MR) is 82.3 cm³/mol. The molecule has 1 unspecified atom stereocenters. The first-order valence-electron chi connectivity index (χ1n) is 7.58. The lowest BCUT2D eigenvalue weighted by molar-refractivity contribution is -0.132. The molecule has 0 saturated carbocycles. The molecule has 1 aliphatic heterocycles. The maximum Gasteiger partial charge on any atom is 0.226 e. The topological polar surface area (TPSA) is 55.3 Å². The quantitative estimate of drug-likeness (QED) is 0.851. The molecule has 0 aliphatic carbocycles. The van der Waals surface area contributed by atoms with E-state index in [4.69, 9.17) is 4.74 Å². The summed E-state index contributed by atoms with van der Waals surface area (Å²) in [5.41, 5.74) is 0.921. The fourth-order valence-corrected chi connectivity index (χ4v) is 2.79. The van der Waals surface area contributed by atoms with E-state index in [1.165, 1.54) is 6.33 Å². The Morgan fingerprint density at radius 3 is 2.91 bits per heavy atom. The van der Waals surface area contributed by atoms with Crippen LogP contribution in [0.1, 0.15) is 31.0 Å². The predicted octanol–water partition coefficient (Wildman–Crippen LogP) is 2.61. The third-order valence-corrected chi connectivity index (χ3v) is 3.85. The minimum absolute atomic E-state index is 0.0761. The SMILES string of the molecule is O=C(CCOc1ccccc1)N1CCCC1c1ccncn1. The molecule has 0 bridgehead atoms. The van der Waals surface area contributed by atoms with Crippen LogP contribution < -0.4 is 4.74 Å². The van der Waals surface area contributed by atoms with Gasteiger partial charge in [0.05, 0.1) is 24.8 Å². The van der Waals surface area contributed by atoms with Crippen molar-refractivity contribution in [1.82, 2.24) is 14.9 Å². The van der Waals surface area contributed by atoms with Crippen LogP contribution in [0.4, 0.5) is 0 Å². The van der Waals surface area contributed by atoms with Gasteiger partial charge in [-0.05, 0) is 31.0 Å². The fraction of sp³-hybridized carbons (Fsp3) is 0.353. The molecular formula is C17H19N3O2. The number of hydrogen-bond acceptors (Lipinski definition) is 4. The Hall–Kier alpha value is -2.43. The first-order chi connectivity index (χ1) is 10.8. The summed E-state index contributed by atoms with van der Waals surface area (Å²) in [7, 11) is 0. The van der Waals surface area contributed by atoms with E-state index >= 15 is 0 Å². The summed E-state index contributed by atoms with van der Waals surface area (Å²) < 4.78 is 5.60. The lowest BCUT2D eigenvalue weighted by atomic mass is 10.1. The summed E-state index contributed by atoms with van der Waals surface area (Å²) in [6.07, 6.45) is 5.62. The van der Waals surface area contributed by atoms with Gasteiger partial charge in [0.1, 0.15) is 12.1 Å². The van der Waals surface area contributed by atoms with Crippen molar-refractivity contribution in [3.63, 3.8) is 0 Å². The zero-order valence-corrected chi connectivity index (χ0v) is 12.4. The molecule has 0 N–H and O–H groups in total. The van der Waals surface area contributed by atoms with E-state index in [0.29, 0.717) is 13.0 Å². The van der Waals surface area contributed by atoms with Gasteiger partial charge in [0.15, 0.2) is 0 Å². The fourth-order valence-electron chi connectivity index (χ4n) is 2.79. The van der Waals surface area contributed by atoms with E-state index in [1.54, 1.807) is 6.20 Å². The van der Waals surface area contributed by atoms with Crippen molar-refractivity contribution in [2.24, 2.45) is 0 Å². The van der Waals surface area contributed by atoms with Crippen molar-refractivity contribution in [3.05, 3.63) is 54.6 Å². The number of nitrogens with zero attached hydrogens (tertiary/aromatic N) is 3. The Morgan fingerprint density at radius 1 is 1.27 bits per heavy atom. The van der Waals surface area contributed by atoms with Crippen molar-refractivity contribution < 1.29 is 9.53 Å². The number of benzene rings is 1. The Balaban J connectivity index is 1.55. The van der Waals surface area contributed by atoms with Crippen LogP contribution in [0.25, 0.3) is 0 Å². The monoisotopic (exact) mass is 297 g/mol. The number of hydrogen-bond donors (Lipinski definition) is 0. The third kappa shape index (κ3) is 3.42. The molecule has 2 heterocycles. The Bertz CT molecular complexity index is 604. The number of likely N-dealkylation sites (tertiary alicyclic amines) is 1. The number of para-hydroxylation sites is 1. The Kier molecular flexibility index (Phi) is 4.63. The second-order valence-electron chi connectivity index (χ2n) is 5.29. The summed E-state index contributed by atoms with van der Waals surface area (Å²) in [5.74, 6) is 0.918. The van der Waals surface area contributed by atoms with E-state index in [-0.39, 0.29) is 11.9 Å². The van der Waals surface area contributed by atoms with Gasteiger partial charge in [-0.2, -0.15) is 0 Å². The number of rotatable bonds is 5. The van der Waals surface area contributed by atoms with E-state index in [0.717, 1.165) is 30.8 Å². The smallest absolute Gasteiger partial charge is 0.226 e. The van der Waals surface area contributed by atoms with Crippen LogP contribution >= 0.6 is 0 Å². The van der Waals surface area contributed by atoms with Crippen molar-refractivity contribution in [2.45, 2.75) is 25.3 Å². The average molecular weight is 297 g/mol. The van der Waals surface area contributed by atoms with Crippen LogP contribution in [0.2, 0.25) is 0 Å². The summed E-state index contributed by atoms with van der Waals surface area (Å²) in [5, 5.41) is 0. The summed E-state index contributed by atoms with van der Waals surface area (Å²) in [6.45, 7) is 1.19. The molecule has 2 aromatic rings. The highest BCUT2D eigenvalue weighted by atomic mass is 16.5. The van der Waals surface area contributed by atoms with Crippen molar-refractivity contribution in [1.29, 1.82) is 0 Å². The second-order valence-corrected chi connectivity index (χ2v) is 5.29. The minimum Gasteiger partial charge on any atom is -0.493 e. The van der Waals surface area contributed by atoms with Gasteiger partial charge in [0.25, 0.3) is 0 Å². The standard InChI is InChI=1S/C17H19N3O2/c21-17(9-12-22-14-5-2-1-3-6-14)20-11-4-7-16(20)15-8-10-18-13-19-15/h1-3,5-6,8,10,13,16H,4,7,9,11-12H2. The zero-order chi connectivity index (χ0) is 15.2. The van der Waals surface area contributed by atoms with Gasteiger partial charge in [-0.15, -0.1) is 0 Å². The number of carbonyl (C=O) groups is 1. The minimum atomic E-state index is 0.0761. The molecule has 5 heteroatoms. The summed E-state index contributed by atoms with van der Waals surface area (Å²) in [4.78, 5) is 22.6. The highest BCUT2D eigenvalue weighted by Crippen LogP contribution is 2.30. The van der Waals surface area contributed by atoms with E-state index in [1.807, 2.05) is 41.3 Å². The molecule has 0 spiro atoms. The zero-order valence-electron chi connectivity index (χ0n) is 12.4. The van der Waals surface area contributed by atoms with Crippen LogP contribution in [0.3, 0.4) is 0 Å². The van der Waals surface area contributed by atoms with E-state index in [9.17, 15) is 4.79 Å². The molecule has 22 heavy (non-hydrogen) atoms. The second kappa shape index (κ2) is 7.02. The maximum atomic E-state index is 12.4. The molecule has 1 aromatic heterocycles. The van der Waals surface area contributed by atoms with Gasteiger partial charge in [-0.1, -0.05) is 18.2 Å². The van der Waals surface area contributed by atoms with E-state index in [2.05, 4.69) is 9.97 Å². The molecule has 1 aliphatic rings. The third-order valence-electron chi connectivity index (χ3n) is 3.85. The van der Waals surface area contributed by atoms with Gasteiger partial charge in [-0.3, -0.25) is 4.79 Å². The number of amides is 1. The lowest BCUT2D eigenvalue weighted by Gasteiger charge is -2.24. The van der Waals surface area contributed by atoms with Gasteiger partial charge < -0.3 is 9.64 Å². The van der Waals surface area contributed by atoms with Crippen molar-refractivity contribution in [2.75, 3.05) is 13.2 Å². The highest BCUT2D eigenvalue weighted by Gasteiger charge is 2.30. The van der Waals surface area contributed by atoms with Crippen LogP contribution in [0, 0.1) is 0 Å². The van der Waals surface area contributed by atoms with Crippen molar-refractivity contribution in [3.8, 4) is 5.75 Å². The highest BCUT2D eigenvalue weighted by molar-refractivity contribution is 5.77. The summed E-state index contributed by atoms with van der Waals surface area (Å²) >= 11 is 0. The number of aromatic nitrogens is 2. The first kappa shape index (κ1) is 14.5. The first-order valence-corrected chi connectivity index (χ1v) is 7.58. The van der Waals surface area contributed by atoms with Gasteiger partial charge in [0.2, 0.25) is 5.91 Å². The number of carbonyl (C=O) groups excluding carboxylic acids is 1. The molecule has 1 aromatic carbocycles. The normalized spacial score (nSPS) is 17.5. The molecule has 5 nitrogen and oxygen atoms in total. The lowest BCUT2D eigenvalue weighted by Crippen LogP contribution is -2.31. The molecule has 1 fully saturated rings. The van der Waals surface area contributed by atoms with Crippen LogP contribution in [-0.4, -0.2) is 33.9 Å². The molecule has 114 valence electrons. The molecular weight excluding hydrogens is 278 g/mol. The largest absolute Gasteiger partial charge is 0.493 e. The molecule has 3 rings (SSSR count). The van der Waals surface area contributed by atoms with E-state index < -0.39 is 0 Å².